The third kappa shape index (κ3) is 18.4. The number of hydrogen-bond acceptors (Lipinski definition) is 29. The summed E-state index contributed by atoms with van der Waals surface area (Å²) in [5, 5.41) is 179. The number of carboxylic acids is 1. The first-order valence-electron chi connectivity index (χ1n) is 38.4. The van der Waals surface area contributed by atoms with Crippen LogP contribution in [0.3, 0.4) is 0 Å². The number of hydrogen-bond donors (Lipinski definition) is 22. The fourth-order valence-electron chi connectivity index (χ4n) is 15.0. The summed E-state index contributed by atoms with van der Waals surface area (Å²) in [5.41, 5.74) is -4.31. The van der Waals surface area contributed by atoms with Crippen LogP contribution in [0.5, 0.6) is 69.0 Å². The summed E-state index contributed by atoms with van der Waals surface area (Å²) in [5.74, 6) is -19.4. The Morgan fingerprint density at radius 3 is 1.71 bits per heavy atom. The first kappa shape index (κ1) is 89.0. The van der Waals surface area contributed by atoms with Gasteiger partial charge in [-0.25, -0.2) is 4.79 Å². The van der Waals surface area contributed by atoms with E-state index in [1.165, 1.54) is 25.2 Å². The second kappa shape index (κ2) is 37.5. The van der Waals surface area contributed by atoms with Crippen molar-refractivity contribution in [2.45, 2.75) is 174 Å². The van der Waals surface area contributed by atoms with Crippen LogP contribution in [0.4, 0.5) is 0 Å². The Labute approximate surface area is 712 Å². The number of rotatable bonds is 17. The van der Waals surface area contributed by atoms with Crippen molar-refractivity contribution in [3.8, 4) is 80.1 Å². The number of carbonyl (C=O) groups excluding carboxylic acids is 7. The number of aliphatic hydroxyl groups excluding tert-OH is 9. The SMILES string of the molecule is CCCCCCCCCC(=O)N[C@H]1[C@H](Oc2c3cc4cc2Oc2c(Cl)cc(cc2Cl)[C@@H](O)[C@@H]2NC(=O)[C@H](NC(=O)[C@@H]4NC(=O)[C@H]4NC(=O)[C@H](NC(=O)[C@H](NC)c5ccc(O)c(c5)Oc5cc(O)c(Cl)c4c5)[C@H](O)c4ccc(c(Cl)c4)O3)c3ccc(O)c(c3)-c3c(O[C@H]4O[C@H](CO)[C@@H](O)[C@H](O)[C@@H]4O)cc(O)cc3[C@@H](C(=O)O)NC2=O)O[C@H](CO)[C@@H](O)[C@@H]1O. The predicted octanol–water partition coefficient (Wildman–Crippen LogP) is 4.25. The summed E-state index contributed by atoms with van der Waals surface area (Å²) in [6.07, 6.45) is -17.1. The number of halogens is 4. The van der Waals surface area contributed by atoms with E-state index in [0.29, 0.717) is 12.8 Å². The molecule has 7 aromatic rings. The Morgan fingerprint density at radius 1 is 0.484 bits per heavy atom. The van der Waals surface area contributed by atoms with Gasteiger partial charge in [-0.05, 0) is 114 Å². The first-order chi connectivity index (χ1) is 58.2. The lowest BCUT2D eigenvalue weighted by molar-refractivity contribution is -0.277. The minimum atomic E-state index is -2.54. The molecule has 37 nitrogen and oxygen atoms in total. The lowest BCUT2D eigenvalue weighted by atomic mass is 9.89. The van der Waals surface area contributed by atoms with E-state index in [1.807, 2.05) is 0 Å². The standard InChI is InChI=1S/C81H84Cl4N8O29/c1-3-4-5-6-7-8-9-10-53(100)87-63-68(105)66(103)51(28-94)120-80(63)122-72-49-22-33-23-50(72)118-71-41(83)19-34(20-42(71)84)65(102)62-78(113)91-60(79(114)115)38-24-35(96)25-48(119-81-70(107)69(106)67(104)52(29-95)121-81)54(38)37-17-30(11-14-43(37)97)57(74(109)93-62)88-75(110)58(33)89-76(111)59-39-26-36(27-45(99)55(39)85)116-47-21-31(12-15-44(47)98)56(86-2)73(108)92-61(77(112)90-59)64(101)32-13-16-46(117-49)40(82)18-32/h11-27,51-52,56-70,80-81,86,94-99,101-107H,3-10,28-29H2,1-2H3,(H,87,100)(H,88,110)(H,89,111)(H,90,112)(H,91,113)(H,92,108)(H,93,109)(H,114,115)/t51-,52-,56-,57-,58-,59+,60+,61-,62+,63-,64-,65-,66-,67-,68-,69+,70+,80+,81+/m1/s1. The largest absolute Gasteiger partial charge is 0.508 e. The molecule has 0 saturated carbocycles. The minimum absolute atomic E-state index is 0.0860. The van der Waals surface area contributed by atoms with E-state index in [9.17, 15) is 85.9 Å². The van der Waals surface area contributed by atoms with Gasteiger partial charge in [0.25, 0.3) is 0 Å². The zero-order chi connectivity index (χ0) is 87.7. The van der Waals surface area contributed by atoms with Crippen molar-refractivity contribution in [1.82, 2.24) is 42.5 Å². The fraction of sp³-hybridized carbons (Fsp3) is 0.383. The summed E-state index contributed by atoms with van der Waals surface area (Å²) in [6, 6.07) is -0.561. The Balaban J connectivity index is 1.07. The van der Waals surface area contributed by atoms with Crippen LogP contribution < -0.4 is 66.2 Å². The highest BCUT2D eigenvalue weighted by Gasteiger charge is 2.50. The molecule has 0 aromatic heterocycles. The Kier molecular flexibility index (Phi) is 27.3. The highest BCUT2D eigenvalue weighted by molar-refractivity contribution is 6.37. The van der Waals surface area contributed by atoms with Crippen LogP contribution in [-0.2, 0) is 47.8 Å². The van der Waals surface area contributed by atoms with Gasteiger partial charge in [0.05, 0.1) is 33.3 Å². The average molecular weight is 1780 g/mol. The van der Waals surface area contributed by atoms with Crippen molar-refractivity contribution in [2.75, 3.05) is 20.3 Å². The number of ether oxygens (including phenoxy) is 7. The van der Waals surface area contributed by atoms with Crippen molar-refractivity contribution in [2.24, 2.45) is 0 Å². The average Bonchev–Trinajstić information content (AvgIpc) is 0.758. The summed E-state index contributed by atoms with van der Waals surface area (Å²) in [7, 11) is 1.35. The maximum absolute atomic E-state index is 16.7. The number of aliphatic carboxylic acids is 1. The van der Waals surface area contributed by atoms with Gasteiger partial charge in [0.1, 0.15) is 132 Å². The molecule has 15 rings (SSSR count). The number of aliphatic hydroxyl groups is 9. The highest BCUT2D eigenvalue weighted by atomic mass is 35.5. The highest BCUT2D eigenvalue weighted by Crippen LogP contribution is 2.52. The molecule has 41 heteroatoms. The maximum Gasteiger partial charge on any atom is 0.330 e. The minimum Gasteiger partial charge on any atom is -0.508 e. The van der Waals surface area contributed by atoms with E-state index < -0.39 is 299 Å². The van der Waals surface area contributed by atoms with Crippen molar-refractivity contribution in [3.05, 3.63) is 162 Å². The number of benzene rings is 7. The number of amides is 7. The molecule has 7 amide bonds. The van der Waals surface area contributed by atoms with Crippen LogP contribution in [0.15, 0.2) is 103 Å². The third-order valence-corrected chi connectivity index (χ3v) is 22.8. The molecule has 19 atom stereocenters. The smallest absolute Gasteiger partial charge is 0.330 e. The second-order valence-electron chi connectivity index (χ2n) is 29.7. The Morgan fingerprint density at radius 2 is 1.05 bits per heavy atom. The van der Waals surface area contributed by atoms with Crippen LogP contribution >= 0.6 is 46.4 Å². The van der Waals surface area contributed by atoms with Gasteiger partial charge in [-0.15, -0.1) is 0 Å². The topological polar surface area (TPSA) is 581 Å². The van der Waals surface area contributed by atoms with Crippen LogP contribution in [0, 0.1) is 0 Å². The zero-order valence-electron chi connectivity index (χ0n) is 64.3. The van der Waals surface area contributed by atoms with E-state index in [1.54, 1.807) is 0 Å². The molecule has 0 unspecified atom stereocenters. The zero-order valence-corrected chi connectivity index (χ0v) is 67.3. The van der Waals surface area contributed by atoms with Crippen molar-refractivity contribution in [1.29, 1.82) is 0 Å². The first-order valence-corrected chi connectivity index (χ1v) is 39.9. The van der Waals surface area contributed by atoms with Crippen LogP contribution in [0.25, 0.3) is 11.1 Å². The molecule has 2 saturated heterocycles. The van der Waals surface area contributed by atoms with E-state index in [2.05, 4.69) is 49.5 Å². The Hall–Kier alpha value is -10.8. The van der Waals surface area contributed by atoms with E-state index in [-0.39, 0.29) is 23.3 Å². The molecule has 0 aliphatic carbocycles. The molecule has 7 aromatic carbocycles. The predicted molar refractivity (Wildman–Crippen MR) is 425 cm³/mol. The lowest BCUT2D eigenvalue weighted by Gasteiger charge is -2.42. The normalized spacial score (nSPS) is 27.1. The summed E-state index contributed by atoms with van der Waals surface area (Å²) in [4.78, 5) is 123. The molecule has 17 bridgehead atoms. The number of carboxylic acid groups (broad SMARTS) is 1. The molecule has 8 aliphatic rings. The van der Waals surface area contributed by atoms with Crippen LogP contribution in [0.2, 0.25) is 20.1 Å². The molecular weight excluding hydrogens is 1690 g/mol. The number of aromatic hydroxyl groups is 4. The number of phenols is 4. The van der Waals surface area contributed by atoms with Crippen LogP contribution in [0.1, 0.15) is 140 Å². The van der Waals surface area contributed by atoms with E-state index >= 15 is 24.0 Å². The summed E-state index contributed by atoms with van der Waals surface area (Å²) < 4.78 is 44.2. The molecule has 2 fully saturated rings. The second-order valence-corrected chi connectivity index (χ2v) is 31.3. The van der Waals surface area contributed by atoms with Gasteiger partial charge in [-0.2, -0.15) is 0 Å². The monoisotopic (exact) mass is 1770 g/mol. The molecule has 122 heavy (non-hydrogen) atoms. The van der Waals surface area contributed by atoms with Gasteiger partial charge < -0.3 is 147 Å². The molecular formula is C81H84Cl4N8O29. The number of likely N-dealkylation sites (N-methyl/N-ethyl adjacent to an activating group) is 1. The maximum atomic E-state index is 16.7. The van der Waals surface area contributed by atoms with Gasteiger partial charge in [-0.1, -0.05) is 110 Å². The van der Waals surface area contributed by atoms with Crippen LogP contribution in [-0.4, -0.2) is 213 Å². The van der Waals surface area contributed by atoms with Gasteiger partial charge in [-0.3, -0.25) is 33.6 Å². The van der Waals surface area contributed by atoms with Gasteiger partial charge in [0, 0.05) is 40.8 Å². The van der Waals surface area contributed by atoms with Gasteiger partial charge in [0.2, 0.25) is 59.7 Å². The quantitative estimate of drug-likeness (QED) is 0.0566. The number of carbonyl (C=O) groups is 8. The van der Waals surface area contributed by atoms with Crippen molar-refractivity contribution < 1.29 is 143 Å². The number of fused-ring (bicyclic) bond motifs is 14. The van der Waals surface area contributed by atoms with Crippen molar-refractivity contribution in [3.63, 3.8) is 0 Å². The van der Waals surface area contributed by atoms with Gasteiger partial charge >= 0.3 is 5.97 Å². The fourth-order valence-corrected chi connectivity index (χ4v) is 16.1. The molecule has 22 N–H and O–H groups in total. The molecule has 650 valence electrons. The van der Waals surface area contributed by atoms with Crippen molar-refractivity contribution >= 4 is 93.7 Å². The Bertz CT molecular complexity index is 5200. The van der Waals surface area contributed by atoms with E-state index in [4.69, 9.17) is 79.6 Å². The number of nitrogens with one attached hydrogen (secondary N) is 8. The van der Waals surface area contributed by atoms with Gasteiger partial charge in [0.15, 0.2) is 34.8 Å². The molecule has 8 heterocycles. The number of phenolic OH excluding ortho intramolecular Hbond substituents is 4. The molecule has 0 radical (unpaired) electrons. The lowest BCUT2D eigenvalue weighted by Crippen LogP contribution is -2.65. The number of unbranched alkanes of at least 4 members (excludes halogenated alkanes) is 6. The summed E-state index contributed by atoms with van der Waals surface area (Å²) in [6.45, 7) is 0.0467. The molecule has 0 spiro atoms. The summed E-state index contributed by atoms with van der Waals surface area (Å²) >= 11 is 28.6. The third-order valence-electron chi connectivity index (χ3n) is 21.5. The van der Waals surface area contributed by atoms with E-state index in [0.717, 1.165) is 117 Å². The molecule has 8 aliphatic heterocycles.